The zero-order valence-electron chi connectivity index (χ0n) is 9.85. The number of esters is 2. The molecule has 0 N–H and O–H groups in total. The van der Waals surface area contributed by atoms with Crippen LogP contribution in [0.5, 0.6) is 0 Å². The maximum absolute atomic E-state index is 11.4. The third-order valence-electron chi connectivity index (χ3n) is 2.82. The van der Waals surface area contributed by atoms with Crippen LogP contribution >= 0.6 is 0 Å². The van der Waals surface area contributed by atoms with E-state index in [0.29, 0.717) is 11.8 Å². The maximum atomic E-state index is 11.4. The van der Waals surface area contributed by atoms with Gasteiger partial charge in [-0.05, 0) is 12.3 Å². The minimum Gasteiger partial charge on any atom is -0.464 e. The second-order valence-corrected chi connectivity index (χ2v) is 4.03. The second-order valence-electron chi connectivity index (χ2n) is 4.03. The summed E-state index contributed by atoms with van der Waals surface area (Å²) in [5.41, 5.74) is -0.117. The molecule has 1 fully saturated rings. The minimum atomic E-state index is -0.725. The lowest BCUT2D eigenvalue weighted by molar-refractivity contribution is 0.0525. The van der Waals surface area contributed by atoms with Gasteiger partial charge >= 0.3 is 11.9 Å². The summed E-state index contributed by atoms with van der Waals surface area (Å²) < 4.78 is 14.4. The molecule has 0 amide bonds. The molecule has 2 rings (SSSR count). The van der Waals surface area contributed by atoms with Crippen LogP contribution in [0.2, 0.25) is 0 Å². The fraction of sp³-hybridized carbons (Fsp3) is 0.545. The van der Waals surface area contributed by atoms with E-state index < -0.39 is 11.9 Å². The zero-order valence-corrected chi connectivity index (χ0v) is 9.85. The summed E-state index contributed by atoms with van der Waals surface area (Å²) in [6.07, 6.45) is 0.946. The van der Waals surface area contributed by atoms with Gasteiger partial charge in [-0.25, -0.2) is 14.6 Å². The average Bonchev–Trinajstić information content (AvgIpc) is 2.91. The fourth-order valence-electron chi connectivity index (χ4n) is 1.63. The number of hydrogen-bond acceptors (Lipinski definition) is 6. The lowest BCUT2D eigenvalue weighted by Crippen LogP contribution is -2.10. The highest BCUT2D eigenvalue weighted by atomic mass is 16.5. The molecule has 1 heterocycles. The Morgan fingerprint density at radius 2 is 1.88 bits per heavy atom. The number of methoxy groups -OCH3 is 2. The molecule has 6 nitrogen and oxygen atoms in total. The highest BCUT2D eigenvalue weighted by Gasteiger charge is 2.40. The van der Waals surface area contributed by atoms with Crippen molar-refractivity contribution >= 4 is 11.9 Å². The van der Waals surface area contributed by atoms with Crippen LogP contribution in [0.25, 0.3) is 0 Å². The molecule has 2 atom stereocenters. The van der Waals surface area contributed by atoms with Gasteiger partial charge in [0.05, 0.1) is 14.2 Å². The number of ether oxygens (including phenoxy) is 2. The van der Waals surface area contributed by atoms with Gasteiger partial charge in [0.15, 0.2) is 5.89 Å². The van der Waals surface area contributed by atoms with Crippen LogP contribution in [-0.4, -0.2) is 31.1 Å². The van der Waals surface area contributed by atoms with Gasteiger partial charge in [0.25, 0.3) is 0 Å². The van der Waals surface area contributed by atoms with E-state index in [2.05, 4.69) is 14.5 Å². The molecule has 0 aliphatic heterocycles. The number of nitrogens with zero attached hydrogens (tertiary/aromatic N) is 1. The Hall–Kier alpha value is -1.85. The standard InChI is InChI=1S/C11H13NO5/c1-5-4-6(5)9-12-7(10(13)15-2)8(17-9)11(14)16-3/h5-6H,4H2,1-3H3. The van der Waals surface area contributed by atoms with Crippen LogP contribution in [-0.2, 0) is 9.47 Å². The Balaban J connectivity index is 2.37. The summed E-state index contributed by atoms with van der Waals surface area (Å²) in [5.74, 6) is -0.570. The van der Waals surface area contributed by atoms with Gasteiger partial charge in [-0.2, -0.15) is 0 Å². The van der Waals surface area contributed by atoms with Crippen molar-refractivity contribution in [3.8, 4) is 0 Å². The SMILES string of the molecule is COC(=O)c1nc(C2CC2C)oc1C(=O)OC. The van der Waals surface area contributed by atoms with Crippen molar-refractivity contribution in [1.82, 2.24) is 4.98 Å². The van der Waals surface area contributed by atoms with Gasteiger partial charge in [0.2, 0.25) is 11.5 Å². The van der Waals surface area contributed by atoms with Crippen molar-refractivity contribution in [2.45, 2.75) is 19.3 Å². The summed E-state index contributed by atoms with van der Waals surface area (Å²) >= 11 is 0. The van der Waals surface area contributed by atoms with Gasteiger partial charge in [0, 0.05) is 5.92 Å². The van der Waals surface area contributed by atoms with Gasteiger partial charge in [-0.15, -0.1) is 0 Å². The van der Waals surface area contributed by atoms with E-state index in [0.717, 1.165) is 6.42 Å². The van der Waals surface area contributed by atoms with E-state index in [1.54, 1.807) is 0 Å². The highest BCUT2D eigenvalue weighted by Crippen LogP contribution is 2.46. The Morgan fingerprint density at radius 3 is 2.35 bits per heavy atom. The van der Waals surface area contributed by atoms with Gasteiger partial charge in [-0.3, -0.25) is 0 Å². The summed E-state index contributed by atoms with van der Waals surface area (Å²) in [6.45, 7) is 2.05. The third kappa shape index (κ3) is 2.02. The van der Waals surface area contributed by atoms with Crippen LogP contribution in [0.3, 0.4) is 0 Å². The first-order chi connectivity index (χ1) is 8.08. The normalized spacial score (nSPS) is 22.1. The number of rotatable bonds is 3. The van der Waals surface area contributed by atoms with Crippen molar-refractivity contribution in [2.75, 3.05) is 14.2 Å². The van der Waals surface area contributed by atoms with Crippen LogP contribution in [0.15, 0.2) is 4.42 Å². The number of aromatic nitrogens is 1. The largest absolute Gasteiger partial charge is 0.464 e. The predicted octanol–water partition coefficient (Wildman–Crippen LogP) is 1.37. The van der Waals surface area contributed by atoms with Crippen LogP contribution < -0.4 is 0 Å². The van der Waals surface area contributed by atoms with E-state index in [1.165, 1.54) is 14.2 Å². The zero-order chi connectivity index (χ0) is 12.6. The predicted molar refractivity (Wildman–Crippen MR) is 55.7 cm³/mol. The lowest BCUT2D eigenvalue weighted by Gasteiger charge is -1.96. The summed E-state index contributed by atoms with van der Waals surface area (Å²) in [6, 6.07) is 0. The Labute approximate surface area is 97.9 Å². The maximum Gasteiger partial charge on any atom is 0.376 e. The van der Waals surface area contributed by atoms with E-state index in [-0.39, 0.29) is 17.4 Å². The summed E-state index contributed by atoms with van der Waals surface area (Å²) in [4.78, 5) is 26.9. The Morgan fingerprint density at radius 1 is 1.29 bits per heavy atom. The number of oxazole rings is 1. The van der Waals surface area contributed by atoms with E-state index >= 15 is 0 Å². The van der Waals surface area contributed by atoms with E-state index in [4.69, 9.17) is 4.42 Å². The van der Waals surface area contributed by atoms with E-state index in [1.807, 2.05) is 6.92 Å². The molecule has 17 heavy (non-hydrogen) atoms. The molecule has 1 aromatic heterocycles. The summed E-state index contributed by atoms with van der Waals surface area (Å²) in [5, 5.41) is 0. The van der Waals surface area contributed by atoms with Gasteiger partial charge < -0.3 is 13.9 Å². The van der Waals surface area contributed by atoms with Crippen LogP contribution in [0.4, 0.5) is 0 Å². The molecule has 0 spiro atoms. The quantitative estimate of drug-likeness (QED) is 0.741. The van der Waals surface area contributed by atoms with Crippen LogP contribution in [0, 0.1) is 5.92 Å². The molecule has 1 aliphatic rings. The molecule has 0 aromatic carbocycles. The van der Waals surface area contributed by atoms with Crippen LogP contribution in [0.1, 0.15) is 46.2 Å². The molecule has 1 saturated carbocycles. The lowest BCUT2D eigenvalue weighted by atomic mass is 10.3. The average molecular weight is 239 g/mol. The molecular formula is C11H13NO5. The van der Waals surface area contributed by atoms with Crippen molar-refractivity contribution in [3.05, 3.63) is 17.3 Å². The van der Waals surface area contributed by atoms with Crippen molar-refractivity contribution in [3.63, 3.8) is 0 Å². The van der Waals surface area contributed by atoms with E-state index in [9.17, 15) is 9.59 Å². The molecule has 92 valence electrons. The Bertz CT molecular complexity index is 431. The molecular weight excluding hydrogens is 226 g/mol. The first-order valence-electron chi connectivity index (χ1n) is 5.25. The number of hydrogen-bond donors (Lipinski definition) is 0. The van der Waals surface area contributed by atoms with Gasteiger partial charge in [0.1, 0.15) is 0 Å². The van der Waals surface area contributed by atoms with Crippen molar-refractivity contribution < 1.29 is 23.5 Å². The molecule has 0 bridgehead atoms. The fourth-order valence-corrected chi connectivity index (χ4v) is 1.63. The third-order valence-corrected chi connectivity index (χ3v) is 2.82. The Kier molecular flexibility index (Phi) is 2.87. The highest BCUT2D eigenvalue weighted by molar-refractivity contribution is 5.99. The first-order valence-corrected chi connectivity index (χ1v) is 5.25. The molecule has 6 heteroatoms. The topological polar surface area (TPSA) is 78.6 Å². The molecule has 2 unspecified atom stereocenters. The van der Waals surface area contributed by atoms with Crippen molar-refractivity contribution in [1.29, 1.82) is 0 Å². The molecule has 0 radical (unpaired) electrons. The number of carbonyl (C=O) groups is 2. The summed E-state index contributed by atoms with van der Waals surface area (Å²) in [7, 11) is 2.43. The monoisotopic (exact) mass is 239 g/mol. The minimum absolute atomic E-state index is 0.117. The molecule has 1 aromatic rings. The first kappa shape index (κ1) is 11.6. The molecule has 0 saturated heterocycles. The van der Waals surface area contributed by atoms with Gasteiger partial charge in [-0.1, -0.05) is 6.92 Å². The van der Waals surface area contributed by atoms with Crippen molar-refractivity contribution in [2.24, 2.45) is 5.92 Å². The molecule has 1 aliphatic carbocycles. The smallest absolute Gasteiger partial charge is 0.376 e. The second kappa shape index (κ2) is 4.20. The number of carbonyl (C=O) groups excluding carboxylic acids is 2.